The molecule has 5 heteroatoms. The molecule has 24 heavy (non-hydrogen) atoms. The van der Waals surface area contributed by atoms with Crippen LogP contribution in [0.2, 0.25) is 0 Å². The highest BCUT2D eigenvalue weighted by Gasteiger charge is 2.23. The fourth-order valence-electron chi connectivity index (χ4n) is 3.55. The molecule has 1 heterocycles. The third kappa shape index (κ3) is 3.71. The van der Waals surface area contributed by atoms with Crippen LogP contribution in [0.3, 0.4) is 0 Å². The molecule has 1 N–H and O–H groups in total. The quantitative estimate of drug-likeness (QED) is 0.884. The second-order valence-electron chi connectivity index (χ2n) is 7.22. The number of nitrogens with one attached hydrogen (secondary N) is 1. The first-order valence-electron chi connectivity index (χ1n) is 8.92. The van der Waals surface area contributed by atoms with Gasteiger partial charge in [-0.2, -0.15) is 0 Å². The maximum absolute atomic E-state index is 12.4. The van der Waals surface area contributed by atoms with Gasteiger partial charge in [0.05, 0.1) is 5.52 Å². The molecule has 1 aromatic carbocycles. The molecule has 0 aliphatic heterocycles. The Kier molecular flexibility index (Phi) is 5.07. The van der Waals surface area contributed by atoms with Gasteiger partial charge < -0.3 is 9.73 Å². The number of hydrogen-bond acceptors (Lipinski definition) is 3. The van der Waals surface area contributed by atoms with E-state index in [0.717, 1.165) is 18.4 Å². The Labute approximate surface area is 142 Å². The van der Waals surface area contributed by atoms with Crippen molar-refractivity contribution >= 4 is 17.0 Å². The summed E-state index contributed by atoms with van der Waals surface area (Å²) in [5.74, 6) is 0.488. The zero-order valence-corrected chi connectivity index (χ0v) is 14.5. The first-order chi connectivity index (χ1) is 11.5. The molecule has 2 aromatic rings. The largest absolute Gasteiger partial charge is 0.420 e. The molecule has 0 radical (unpaired) electrons. The molecule has 3 rings (SSSR count). The molecule has 1 aliphatic carbocycles. The number of nitrogens with zero attached hydrogens (tertiary/aromatic N) is 1. The molecule has 5 nitrogen and oxygen atoms in total. The summed E-state index contributed by atoms with van der Waals surface area (Å²) in [6.07, 6.45) is 5.39. The van der Waals surface area contributed by atoms with E-state index in [1.54, 1.807) is 10.6 Å². The van der Waals surface area contributed by atoms with E-state index in [-0.39, 0.29) is 23.6 Å². The smallest absolute Gasteiger partial charge is 0.408 e. The van der Waals surface area contributed by atoms with Crippen LogP contribution in [0.4, 0.5) is 0 Å². The van der Waals surface area contributed by atoms with Gasteiger partial charge in [-0.3, -0.25) is 9.36 Å². The number of carbonyl (C=O) groups excluding carboxylic acids is 1. The summed E-state index contributed by atoms with van der Waals surface area (Å²) in [5.41, 5.74) is 1.36. The lowest BCUT2D eigenvalue weighted by Gasteiger charge is -2.23. The number of oxazole rings is 1. The molecular weight excluding hydrogens is 304 g/mol. The minimum atomic E-state index is -0.369. The molecular formula is C19H26N2O3. The molecule has 0 spiro atoms. The maximum atomic E-state index is 12.4. The van der Waals surface area contributed by atoms with E-state index >= 15 is 0 Å². The number of aromatic nitrogens is 1. The lowest BCUT2D eigenvalue weighted by Crippen LogP contribution is -2.43. The molecule has 1 aliphatic rings. The number of para-hydroxylation sites is 2. The highest BCUT2D eigenvalue weighted by molar-refractivity contribution is 5.76. The number of benzene rings is 1. The van der Waals surface area contributed by atoms with Gasteiger partial charge in [-0.25, -0.2) is 4.79 Å². The first-order valence-corrected chi connectivity index (χ1v) is 8.92. The third-order valence-electron chi connectivity index (χ3n) is 5.05. The van der Waals surface area contributed by atoms with Gasteiger partial charge in [0.1, 0.15) is 0 Å². The molecule has 0 unspecified atom stereocenters. The number of hydrogen-bond donors (Lipinski definition) is 1. The summed E-state index contributed by atoms with van der Waals surface area (Å²) in [4.78, 5) is 24.5. The zero-order chi connectivity index (χ0) is 17.1. The van der Waals surface area contributed by atoms with Crippen molar-refractivity contribution in [1.82, 2.24) is 9.88 Å². The Hall–Kier alpha value is -2.04. The van der Waals surface area contributed by atoms with Gasteiger partial charge in [0.15, 0.2) is 5.58 Å². The summed E-state index contributed by atoms with van der Waals surface area (Å²) in [6, 6.07) is 7.31. The van der Waals surface area contributed by atoms with Crippen molar-refractivity contribution in [2.45, 2.75) is 58.5 Å². The van der Waals surface area contributed by atoms with Gasteiger partial charge in [-0.1, -0.05) is 38.8 Å². The predicted octanol–water partition coefficient (Wildman–Crippen LogP) is 3.32. The van der Waals surface area contributed by atoms with Gasteiger partial charge in [0.2, 0.25) is 5.91 Å². The molecule has 1 aromatic heterocycles. The van der Waals surface area contributed by atoms with Crippen molar-refractivity contribution in [1.29, 1.82) is 0 Å². The predicted molar refractivity (Wildman–Crippen MR) is 93.8 cm³/mol. The first kappa shape index (κ1) is 16.8. The zero-order valence-electron chi connectivity index (χ0n) is 14.5. The van der Waals surface area contributed by atoms with Crippen LogP contribution in [-0.2, 0) is 11.3 Å². The number of rotatable bonds is 6. The normalized spacial score (nSPS) is 16.8. The fourth-order valence-corrected chi connectivity index (χ4v) is 3.55. The molecule has 0 saturated heterocycles. The van der Waals surface area contributed by atoms with E-state index in [2.05, 4.69) is 19.2 Å². The van der Waals surface area contributed by atoms with Crippen LogP contribution in [0, 0.1) is 11.8 Å². The Balaban J connectivity index is 1.72. The van der Waals surface area contributed by atoms with Crippen LogP contribution in [0.15, 0.2) is 33.5 Å². The van der Waals surface area contributed by atoms with Crippen LogP contribution >= 0.6 is 0 Å². The lowest BCUT2D eigenvalue weighted by atomic mass is 10.0. The van der Waals surface area contributed by atoms with Gasteiger partial charge >= 0.3 is 5.76 Å². The van der Waals surface area contributed by atoms with Crippen LogP contribution in [0.1, 0.15) is 46.0 Å². The highest BCUT2D eigenvalue weighted by Crippen LogP contribution is 2.27. The van der Waals surface area contributed by atoms with Crippen molar-refractivity contribution in [3.8, 4) is 0 Å². The van der Waals surface area contributed by atoms with Gasteiger partial charge in [0.25, 0.3) is 0 Å². The molecule has 1 atom stereocenters. The number of fused-ring (bicyclic) bond motifs is 1. The van der Waals surface area contributed by atoms with Crippen molar-refractivity contribution in [3.05, 3.63) is 34.8 Å². The molecule has 1 saturated carbocycles. The number of amides is 1. The van der Waals surface area contributed by atoms with Crippen molar-refractivity contribution in [2.75, 3.05) is 0 Å². The van der Waals surface area contributed by atoms with Crippen molar-refractivity contribution in [3.63, 3.8) is 0 Å². The topological polar surface area (TPSA) is 64.2 Å². The van der Waals surface area contributed by atoms with E-state index in [9.17, 15) is 9.59 Å². The monoisotopic (exact) mass is 330 g/mol. The van der Waals surface area contributed by atoms with Crippen molar-refractivity contribution < 1.29 is 9.21 Å². The fraction of sp³-hybridized carbons (Fsp3) is 0.579. The van der Waals surface area contributed by atoms with Crippen LogP contribution in [-0.4, -0.2) is 16.5 Å². The summed E-state index contributed by atoms with van der Waals surface area (Å²) >= 11 is 0. The van der Waals surface area contributed by atoms with E-state index in [4.69, 9.17) is 4.42 Å². The van der Waals surface area contributed by atoms with Gasteiger partial charge in [0, 0.05) is 19.0 Å². The van der Waals surface area contributed by atoms with E-state index in [0.29, 0.717) is 24.5 Å². The average Bonchev–Trinajstić information content (AvgIpc) is 3.14. The summed E-state index contributed by atoms with van der Waals surface area (Å²) in [7, 11) is 0. The highest BCUT2D eigenvalue weighted by atomic mass is 16.4. The van der Waals surface area contributed by atoms with E-state index < -0.39 is 0 Å². The minimum absolute atomic E-state index is 0.0855. The molecule has 1 amide bonds. The Morgan fingerprint density at radius 1 is 1.29 bits per heavy atom. The Bertz CT molecular complexity index is 753. The Morgan fingerprint density at radius 3 is 2.71 bits per heavy atom. The summed E-state index contributed by atoms with van der Waals surface area (Å²) < 4.78 is 6.91. The average molecular weight is 330 g/mol. The standard InChI is InChI=1S/C19H26N2O3/c1-13(2)15(20-18(22)11-14-7-3-4-8-14)12-21-16-9-5-6-10-17(16)24-19(21)23/h5-6,9-10,13-15H,3-4,7-8,11-12H2,1-2H3,(H,20,22)/t15-/m1/s1. The molecule has 130 valence electrons. The van der Waals surface area contributed by atoms with Crippen LogP contribution in [0.5, 0.6) is 0 Å². The number of carbonyl (C=O) groups is 1. The minimum Gasteiger partial charge on any atom is -0.408 e. The van der Waals surface area contributed by atoms with Gasteiger partial charge in [-0.05, 0) is 36.8 Å². The summed E-state index contributed by atoms with van der Waals surface area (Å²) in [6.45, 7) is 4.56. The van der Waals surface area contributed by atoms with E-state index in [1.807, 2.05) is 18.2 Å². The summed E-state index contributed by atoms with van der Waals surface area (Å²) in [5, 5.41) is 3.13. The second-order valence-corrected chi connectivity index (χ2v) is 7.22. The SMILES string of the molecule is CC(C)[C@@H](Cn1c(=O)oc2ccccc21)NC(=O)CC1CCCC1. The lowest BCUT2D eigenvalue weighted by molar-refractivity contribution is -0.123. The molecule has 0 bridgehead atoms. The maximum Gasteiger partial charge on any atom is 0.420 e. The Morgan fingerprint density at radius 2 is 2.00 bits per heavy atom. The van der Waals surface area contributed by atoms with E-state index in [1.165, 1.54) is 12.8 Å². The van der Waals surface area contributed by atoms with Gasteiger partial charge in [-0.15, -0.1) is 0 Å². The van der Waals surface area contributed by atoms with Crippen LogP contribution < -0.4 is 11.1 Å². The second kappa shape index (κ2) is 7.24. The van der Waals surface area contributed by atoms with Crippen molar-refractivity contribution in [2.24, 2.45) is 11.8 Å². The molecule has 1 fully saturated rings. The van der Waals surface area contributed by atoms with Crippen LogP contribution in [0.25, 0.3) is 11.1 Å². The third-order valence-corrected chi connectivity index (χ3v) is 5.05.